The minimum atomic E-state index is -0.0626. The van der Waals surface area contributed by atoms with E-state index in [1.807, 2.05) is 0 Å². The first kappa shape index (κ1) is 13.0. The van der Waals surface area contributed by atoms with Gasteiger partial charge in [-0.25, -0.2) is 0 Å². The molecule has 1 aliphatic carbocycles. The van der Waals surface area contributed by atoms with Gasteiger partial charge in [-0.1, -0.05) is 27.2 Å². The van der Waals surface area contributed by atoms with Crippen LogP contribution in [-0.4, -0.2) is 35.7 Å². The third-order valence-corrected chi connectivity index (χ3v) is 3.67. The largest absolute Gasteiger partial charge is 0.393 e. The van der Waals surface area contributed by atoms with E-state index in [-0.39, 0.29) is 6.10 Å². The lowest BCUT2D eigenvalue weighted by atomic mass is 9.80. The zero-order valence-corrected chi connectivity index (χ0v) is 10.7. The Kier molecular flexibility index (Phi) is 5.07. The smallest absolute Gasteiger partial charge is 0.0555 e. The van der Waals surface area contributed by atoms with E-state index in [9.17, 15) is 5.11 Å². The molecule has 3 atom stereocenters. The highest BCUT2D eigenvalue weighted by Gasteiger charge is 2.31. The highest BCUT2D eigenvalue weighted by Crippen LogP contribution is 2.30. The molecule has 15 heavy (non-hydrogen) atoms. The Morgan fingerprint density at radius 1 is 1.33 bits per heavy atom. The van der Waals surface area contributed by atoms with Gasteiger partial charge in [0.15, 0.2) is 0 Å². The summed E-state index contributed by atoms with van der Waals surface area (Å²) in [6, 6.07) is 0.598. The zero-order valence-electron chi connectivity index (χ0n) is 10.7. The molecule has 0 amide bonds. The molecule has 0 aliphatic heterocycles. The molecule has 1 aliphatic rings. The fraction of sp³-hybridized carbons (Fsp3) is 1.00. The molecule has 0 spiro atoms. The lowest BCUT2D eigenvalue weighted by molar-refractivity contribution is 0.0324. The average molecular weight is 213 g/mol. The van der Waals surface area contributed by atoms with E-state index >= 15 is 0 Å². The summed E-state index contributed by atoms with van der Waals surface area (Å²) in [4.78, 5) is 2.46. The molecule has 0 heterocycles. The Labute approximate surface area is 94.7 Å². The lowest BCUT2D eigenvalue weighted by Crippen LogP contribution is -2.44. The molecule has 0 saturated heterocycles. The second-order valence-electron chi connectivity index (χ2n) is 5.54. The van der Waals surface area contributed by atoms with Crippen molar-refractivity contribution in [1.29, 1.82) is 0 Å². The number of rotatable bonds is 4. The SMILES string of the molecule is CCC1CCC(O)CC1N(C)CC(C)C. The topological polar surface area (TPSA) is 23.5 Å². The van der Waals surface area contributed by atoms with E-state index in [0.717, 1.165) is 25.3 Å². The molecule has 90 valence electrons. The van der Waals surface area contributed by atoms with Crippen molar-refractivity contribution in [1.82, 2.24) is 4.90 Å². The third kappa shape index (κ3) is 3.76. The number of aliphatic hydroxyl groups excluding tert-OH is 1. The van der Waals surface area contributed by atoms with E-state index < -0.39 is 0 Å². The van der Waals surface area contributed by atoms with Crippen molar-refractivity contribution in [3.8, 4) is 0 Å². The maximum Gasteiger partial charge on any atom is 0.0555 e. The van der Waals surface area contributed by atoms with E-state index in [1.54, 1.807) is 0 Å². The van der Waals surface area contributed by atoms with Gasteiger partial charge in [0.1, 0.15) is 0 Å². The summed E-state index contributed by atoms with van der Waals surface area (Å²) in [6.45, 7) is 7.94. The van der Waals surface area contributed by atoms with Gasteiger partial charge < -0.3 is 10.0 Å². The summed E-state index contributed by atoms with van der Waals surface area (Å²) < 4.78 is 0. The molecular formula is C13H27NO. The minimum Gasteiger partial charge on any atom is -0.393 e. The van der Waals surface area contributed by atoms with Gasteiger partial charge in [0.2, 0.25) is 0 Å². The van der Waals surface area contributed by atoms with Crippen LogP contribution in [-0.2, 0) is 0 Å². The van der Waals surface area contributed by atoms with Crippen LogP contribution in [0.15, 0.2) is 0 Å². The summed E-state index contributed by atoms with van der Waals surface area (Å²) in [6.07, 6.45) is 4.36. The standard InChI is InChI=1S/C13H27NO/c1-5-11-6-7-12(15)8-13(11)14(4)9-10(2)3/h10-13,15H,5-9H2,1-4H3. The predicted molar refractivity (Wildman–Crippen MR) is 64.9 cm³/mol. The van der Waals surface area contributed by atoms with E-state index in [4.69, 9.17) is 0 Å². The van der Waals surface area contributed by atoms with Gasteiger partial charge in [-0.15, -0.1) is 0 Å². The van der Waals surface area contributed by atoms with Crippen molar-refractivity contribution < 1.29 is 5.11 Å². The van der Waals surface area contributed by atoms with Crippen LogP contribution in [0.5, 0.6) is 0 Å². The molecular weight excluding hydrogens is 186 g/mol. The third-order valence-electron chi connectivity index (χ3n) is 3.67. The molecule has 1 saturated carbocycles. The molecule has 1 fully saturated rings. The van der Waals surface area contributed by atoms with Crippen molar-refractivity contribution in [2.45, 2.75) is 58.6 Å². The monoisotopic (exact) mass is 213 g/mol. The van der Waals surface area contributed by atoms with Gasteiger partial charge in [-0.2, -0.15) is 0 Å². The van der Waals surface area contributed by atoms with Crippen LogP contribution < -0.4 is 0 Å². The van der Waals surface area contributed by atoms with Crippen molar-refractivity contribution in [3.05, 3.63) is 0 Å². The van der Waals surface area contributed by atoms with Gasteiger partial charge in [0.05, 0.1) is 6.10 Å². The van der Waals surface area contributed by atoms with Crippen LogP contribution in [0.2, 0.25) is 0 Å². The van der Waals surface area contributed by atoms with Crippen molar-refractivity contribution in [2.24, 2.45) is 11.8 Å². The van der Waals surface area contributed by atoms with Gasteiger partial charge in [-0.05, 0) is 38.1 Å². The van der Waals surface area contributed by atoms with Crippen molar-refractivity contribution in [3.63, 3.8) is 0 Å². The molecule has 2 heteroatoms. The summed E-state index contributed by atoms with van der Waals surface area (Å²) >= 11 is 0. The van der Waals surface area contributed by atoms with Crippen molar-refractivity contribution >= 4 is 0 Å². The molecule has 0 aromatic carbocycles. The number of hydrogen-bond donors (Lipinski definition) is 1. The Morgan fingerprint density at radius 3 is 2.53 bits per heavy atom. The molecule has 0 radical (unpaired) electrons. The van der Waals surface area contributed by atoms with Gasteiger partial charge >= 0.3 is 0 Å². The van der Waals surface area contributed by atoms with Crippen LogP contribution in [0.1, 0.15) is 46.5 Å². The van der Waals surface area contributed by atoms with E-state index in [2.05, 4.69) is 32.7 Å². The molecule has 0 aromatic rings. The number of hydrogen-bond acceptors (Lipinski definition) is 2. The lowest BCUT2D eigenvalue weighted by Gasteiger charge is -2.40. The maximum atomic E-state index is 9.75. The Bertz CT molecular complexity index is 181. The van der Waals surface area contributed by atoms with Crippen LogP contribution >= 0.6 is 0 Å². The maximum absolute atomic E-state index is 9.75. The minimum absolute atomic E-state index is 0.0626. The Morgan fingerprint density at radius 2 is 2.00 bits per heavy atom. The Hall–Kier alpha value is -0.0800. The summed E-state index contributed by atoms with van der Waals surface area (Å²) in [5, 5.41) is 9.75. The van der Waals surface area contributed by atoms with Gasteiger partial charge in [0, 0.05) is 12.6 Å². The van der Waals surface area contributed by atoms with Crippen LogP contribution in [0.4, 0.5) is 0 Å². The molecule has 1 N–H and O–H groups in total. The van der Waals surface area contributed by atoms with Gasteiger partial charge in [0.25, 0.3) is 0 Å². The Balaban J connectivity index is 2.53. The first-order chi connectivity index (χ1) is 7.04. The molecule has 3 unspecified atom stereocenters. The van der Waals surface area contributed by atoms with Crippen LogP contribution in [0.3, 0.4) is 0 Å². The van der Waals surface area contributed by atoms with Crippen molar-refractivity contribution in [2.75, 3.05) is 13.6 Å². The fourth-order valence-corrected chi connectivity index (χ4v) is 2.92. The zero-order chi connectivity index (χ0) is 11.4. The molecule has 0 aromatic heterocycles. The fourth-order valence-electron chi connectivity index (χ4n) is 2.92. The number of aliphatic hydroxyl groups is 1. The van der Waals surface area contributed by atoms with Crippen LogP contribution in [0, 0.1) is 11.8 Å². The predicted octanol–water partition coefficient (Wildman–Crippen LogP) is 2.51. The summed E-state index contributed by atoms with van der Waals surface area (Å²) in [5.74, 6) is 1.50. The summed E-state index contributed by atoms with van der Waals surface area (Å²) in [7, 11) is 2.21. The highest BCUT2D eigenvalue weighted by atomic mass is 16.3. The first-order valence-corrected chi connectivity index (χ1v) is 6.42. The van der Waals surface area contributed by atoms with E-state index in [0.29, 0.717) is 12.0 Å². The quantitative estimate of drug-likeness (QED) is 0.775. The second-order valence-corrected chi connectivity index (χ2v) is 5.54. The molecule has 0 bridgehead atoms. The average Bonchev–Trinajstić information content (AvgIpc) is 2.16. The molecule has 2 nitrogen and oxygen atoms in total. The van der Waals surface area contributed by atoms with Crippen LogP contribution in [0.25, 0.3) is 0 Å². The summed E-state index contributed by atoms with van der Waals surface area (Å²) in [5.41, 5.74) is 0. The molecule has 1 rings (SSSR count). The first-order valence-electron chi connectivity index (χ1n) is 6.42. The number of nitrogens with zero attached hydrogens (tertiary/aromatic N) is 1. The van der Waals surface area contributed by atoms with Gasteiger partial charge in [-0.3, -0.25) is 0 Å². The second kappa shape index (κ2) is 5.86. The normalized spacial score (nSPS) is 32.6. The highest BCUT2D eigenvalue weighted by molar-refractivity contribution is 4.85. The van der Waals surface area contributed by atoms with E-state index in [1.165, 1.54) is 12.8 Å².